The third-order valence-electron chi connectivity index (χ3n) is 12.4. The van der Waals surface area contributed by atoms with Crippen molar-refractivity contribution in [2.45, 2.75) is 82.5 Å². The molecule has 3 aromatic carbocycles. The van der Waals surface area contributed by atoms with Crippen LogP contribution in [-0.2, 0) is 42.6 Å². The topological polar surface area (TPSA) is 173 Å². The molecule has 2 unspecified atom stereocenters. The standard InChI is InChI=1S/C44H58N6O7Si/c1-29-40(58(2,3)56)38(24-39(52)49(20-21-51)27-30-10-5-4-6-11-30)57-44(29)36-23-35(48-42(54)33-14-9-19-46-26-33)16-17-37(36)50(43(44)55)28-31-12-7-15-34(22-31)47-41(53)32-13-8-18-45-25-32/h4-7,10-12,15-17,22-23,29,32-33,38,40,45-46,51,56H,8-9,13-14,18-21,24-28H2,1-3H3,(H,47,53)(H,48,54)/t29-,32?,33?,38+,40-,44+/m1/s1. The summed E-state index contributed by atoms with van der Waals surface area (Å²) in [6.07, 6.45) is 2.56. The summed E-state index contributed by atoms with van der Waals surface area (Å²) in [4.78, 5) is 71.2. The van der Waals surface area contributed by atoms with E-state index in [1.165, 1.54) is 0 Å². The lowest BCUT2D eigenvalue weighted by Gasteiger charge is -2.33. The number of nitrogens with one attached hydrogen (secondary N) is 4. The molecule has 3 saturated heterocycles. The summed E-state index contributed by atoms with van der Waals surface area (Å²) in [5, 5.41) is 22.7. The Balaban J connectivity index is 1.22. The van der Waals surface area contributed by atoms with E-state index in [2.05, 4.69) is 21.3 Å². The van der Waals surface area contributed by atoms with Crippen LogP contribution in [0.3, 0.4) is 0 Å². The Morgan fingerprint density at radius 2 is 1.53 bits per heavy atom. The van der Waals surface area contributed by atoms with E-state index in [-0.39, 0.29) is 61.6 Å². The van der Waals surface area contributed by atoms with Crippen molar-refractivity contribution in [3.63, 3.8) is 0 Å². The second-order valence-corrected chi connectivity index (χ2v) is 21.0. The maximum atomic E-state index is 15.3. The number of aliphatic hydroxyl groups excluding tert-OH is 1. The van der Waals surface area contributed by atoms with Crippen molar-refractivity contribution in [1.82, 2.24) is 15.5 Å². The van der Waals surface area contributed by atoms with Gasteiger partial charge in [-0.15, -0.1) is 0 Å². The van der Waals surface area contributed by atoms with Crippen LogP contribution in [-0.4, -0.2) is 92.2 Å². The molecule has 0 bridgehead atoms. The highest BCUT2D eigenvalue weighted by Crippen LogP contribution is 2.60. The lowest BCUT2D eigenvalue weighted by Crippen LogP contribution is -2.46. The summed E-state index contributed by atoms with van der Waals surface area (Å²) in [7, 11) is -3.12. The number of ether oxygens (including phenoxy) is 1. The largest absolute Gasteiger partial charge is 0.432 e. The Bertz CT molecular complexity index is 1960. The van der Waals surface area contributed by atoms with Gasteiger partial charge in [-0.3, -0.25) is 19.2 Å². The van der Waals surface area contributed by atoms with E-state index in [1.54, 1.807) is 15.9 Å². The third kappa shape index (κ3) is 8.77. The zero-order valence-corrected chi connectivity index (χ0v) is 34.8. The molecule has 7 rings (SSSR count). The number of benzene rings is 3. The van der Waals surface area contributed by atoms with Crippen LogP contribution in [0.4, 0.5) is 17.1 Å². The molecule has 0 aliphatic carbocycles. The Morgan fingerprint density at radius 1 is 0.897 bits per heavy atom. The fourth-order valence-electron chi connectivity index (χ4n) is 9.60. The highest BCUT2D eigenvalue weighted by molar-refractivity contribution is 6.71. The fraction of sp³-hybridized carbons (Fsp3) is 0.500. The van der Waals surface area contributed by atoms with E-state index < -0.39 is 31.5 Å². The molecule has 3 fully saturated rings. The van der Waals surface area contributed by atoms with Gasteiger partial charge < -0.3 is 45.7 Å². The van der Waals surface area contributed by atoms with E-state index >= 15 is 4.79 Å². The second kappa shape index (κ2) is 17.8. The van der Waals surface area contributed by atoms with Gasteiger partial charge in [0.25, 0.3) is 5.91 Å². The molecule has 0 saturated carbocycles. The molecule has 4 amide bonds. The molecule has 0 aromatic heterocycles. The van der Waals surface area contributed by atoms with Crippen molar-refractivity contribution in [3.05, 3.63) is 89.5 Å². The molecule has 4 heterocycles. The Labute approximate surface area is 342 Å². The first-order valence-corrected chi connectivity index (χ1v) is 23.8. The number of hydrogen-bond donors (Lipinski definition) is 6. The minimum Gasteiger partial charge on any atom is -0.432 e. The number of rotatable bonds is 13. The molecule has 4 aliphatic rings. The Kier molecular flexibility index (Phi) is 12.8. The van der Waals surface area contributed by atoms with Crippen LogP contribution in [0.5, 0.6) is 0 Å². The molecular weight excluding hydrogens is 753 g/mol. The lowest BCUT2D eigenvalue weighted by atomic mass is 9.82. The molecule has 310 valence electrons. The van der Waals surface area contributed by atoms with Crippen molar-refractivity contribution < 1.29 is 33.8 Å². The van der Waals surface area contributed by atoms with Gasteiger partial charge in [0.15, 0.2) is 13.9 Å². The summed E-state index contributed by atoms with van der Waals surface area (Å²) < 4.78 is 7.02. The minimum atomic E-state index is -3.12. The number of aliphatic hydroxyl groups is 1. The van der Waals surface area contributed by atoms with Gasteiger partial charge in [0.1, 0.15) is 0 Å². The fourth-order valence-corrected chi connectivity index (χ4v) is 12.2. The molecule has 4 aliphatic heterocycles. The predicted molar refractivity (Wildman–Crippen MR) is 225 cm³/mol. The van der Waals surface area contributed by atoms with Crippen LogP contribution in [0.2, 0.25) is 18.6 Å². The van der Waals surface area contributed by atoms with E-state index in [0.29, 0.717) is 42.3 Å². The van der Waals surface area contributed by atoms with Crippen LogP contribution in [0.15, 0.2) is 72.8 Å². The highest BCUT2D eigenvalue weighted by Gasteiger charge is 2.66. The molecule has 3 aromatic rings. The molecule has 0 radical (unpaired) electrons. The first kappa shape index (κ1) is 41.7. The number of carbonyl (C=O) groups is 4. The molecular formula is C44H58N6O7Si. The number of amides is 4. The monoisotopic (exact) mass is 810 g/mol. The molecule has 13 nitrogen and oxygen atoms in total. The zero-order chi connectivity index (χ0) is 41.0. The highest BCUT2D eigenvalue weighted by atomic mass is 28.4. The molecule has 6 atom stereocenters. The maximum absolute atomic E-state index is 15.3. The van der Waals surface area contributed by atoms with Crippen molar-refractivity contribution in [1.29, 1.82) is 0 Å². The van der Waals surface area contributed by atoms with Gasteiger partial charge in [0.05, 0.1) is 43.2 Å². The summed E-state index contributed by atoms with van der Waals surface area (Å²) in [6.45, 7) is 8.96. The first-order valence-electron chi connectivity index (χ1n) is 20.8. The second-order valence-electron chi connectivity index (χ2n) is 17.0. The van der Waals surface area contributed by atoms with E-state index in [4.69, 9.17) is 4.74 Å². The number of fused-ring (bicyclic) bond motifs is 2. The summed E-state index contributed by atoms with van der Waals surface area (Å²) in [5.41, 5.74) is 2.01. The van der Waals surface area contributed by atoms with Crippen molar-refractivity contribution in [2.75, 3.05) is 54.9 Å². The van der Waals surface area contributed by atoms with Crippen molar-refractivity contribution in [2.24, 2.45) is 17.8 Å². The van der Waals surface area contributed by atoms with Crippen molar-refractivity contribution in [3.8, 4) is 0 Å². The van der Waals surface area contributed by atoms with E-state index in [0.717, 1.165) is 49.9 Å². The number of nitrogens with zero attached hydrogens (tertiary/aromatic N) is 2. The normalized spacial score (nSPS) is 25.7. The number of carbonyl (C=O) groups excluding carboxylic acids is 4. The van der Waals surface area contributed by atoms with Gasteiger partial charge in [-0.05, 0) is 93.3 Å². The van der Waals surface area contributed by atoms with Gasteiger partial charge >= 0.3 is 0 Å². The smallest absolute Gasteiger partial charge is 0.264 e. The third-order valence-corrected chi connectivity index (χ3v) is 14.9. The minimum absolute atomic E-state index is 0.0404. The van der Waals surface area contributed by atoms with Crippen LogP contribution < -0.4 is 26.2 Å². The van der Waals surface area contributed by atoms with E-state index in [1.807, 2.05) is 86.7 Å². The molecule has 14 heteroatoms. The summed E-state index contributed by atoms with van der Waals surface area (Å²) >= 11 is 0. The van der Waals surface area contributed by atoms with Gasteiger partial charge in [-0.2, -0.15) is 0 Å². The summed E-state index contributed by atoms with van der Waals surface area (Å²) in [5.74, 6) is -1.54. The van der Waals surface area contributed by atoms with Gasteiger partial charge in [-0.25, -0.2) is 0 Å². The Morgan fingerprint density at radius 3 is 2.14 bits per heavy atom. The van der Waals surface area contributed by atoms with Crippen LogP contribution >= 0.6 is 0 Å². The van der Waals surface area contributed by atoms with Crippen LogP contribution in [0.1, 0.15) is 55.7 Å². The first-order chi connectivity index (χ1) is 27.9. The lowest BCUT2D eigenvalue weighted by molar-refractivity contribution is -0.150. The van der Waals surface area contributed by atoms with Gasteiger partial charge in [0, 0.05) is 54.6 Å². The number of piperidine rings is 2. The van der Waals surface area contributed by atoms with E-state index in [9.17, 15) is 24.3 Å². The molecule has 1 spiro atoms. The maximum Gasteiger partial charge on any atom is 0.264 e. The number of hydrogen-bond acceptors (Lipinski definition) is 9. The summed E-state index contributed by atoms with van der Waals surface area (Å²) in [6, 6.07) is 22.5. The average molecular weight is 811 g/mol. The quantitative estimate of drug-likeness (QED) is 0.138. The predicted octanol–water partition coefficient (Wildman–Crippen LogP) is 4.32. The zero-order valence-electron chi connectivity index (χ0n) is 33.8. The van der Waals surface area contributed by atoms with Gasteiger partial charge in [-0.1, -0.05) is 49.4 Å². The number of anilines is 3. The van der Waals surface area contributed by atoms with Crippen LogP contribution in [0, 0.1) is 17.8 Å². The molecule has 58 heavy (non-hydrogen) atoms. The molecule has 6 N–H and O–H groups in total. The average Bonchev–Trinajstić information content (AvgIpc) is 3.64. The Hall–Kier alpha value is -4.44. The van der Waals surface area contributed by atoms with Gasteiger partial charge in [0.2, 0.25) is 17.7 Å². The SMILES string of the molecule is C[C@@H]1[C@@H]([Si](C)(C)O)[C@H](CC(=O)N(CCO)Cc2ccccc2)O[C@@]12C(=O)N(Cc1cccc(NC(=O)C3CCCNC3)c1)c1ccc(NC(=O)C3CCCNC3)cc12. The van der Waals surface area contributed by atoms with Crippen LogP contribution in [0.25, 0.3) is 0 Å². The van der Waals surface area contributed by atoms with Crippen molar-refractivity contribution >= 4 is 49.0 Å².